The van der Waals surface area contributed by atoms with Crippen LogP contribution in [0.1, 0.15) is 27.7 Å². The predicted octanol–water partition coefficient (Wildman–Crippen LogP) is 1.71. The predicted molar refractivity (Wildman–Crippen MR) is 67.0 cm³/mol. The average Bonchev–Trinajstić information content (AvgIpc) is 2.68. The van der Waals surface area contributed by atoms with Crippen LogP contribution in [0.25, 0.3) is 0 Å². The van der Waals surface area contributed by atoms with Crippen LogP contribution in [0, 0.1) is 11.8 Å². The maximum Gasteiger partial charge on any atom is 0.259 e. The molecule has 1 rings (SSSR count). The molecule has 0 aliphatic rings. The van der Waals surface area contributed by atoms with E-state index in [-0.39, 0.29) is 5.03 Å². The third-order valence-corrected chi connectivity index (χ3v) is 3.99. The minimum absolute atomic E-state index is 0.166. The van der Waals surface area contributed by atoms with E-state index in [2.05, 4.69) is 10.2 Å². The van der Waals surface area contributed by atoms with Gasteiger partial charge in [-0.05, 0) is 17.9 Å². The number of aromatic amines is 1. The van der Waals surface area contributed by atoms with Crippen molar-refractivity contribution in [2.24, 2.45) is 11.8 Å². The first-order valence-corrected chi connectivity index (χ1v) is 7.27. The summed E-state index contributed by atoms with van der Waals surface area (Å²) in [4.78, 5) is 0. The van der Waals surface area contributed by atoms with Gasteiger partial charge in [0.1, 0.15) is 0 Å². The Kier molecular flexibility index (Phi) is 4.70. The van der Waals surface area contributed by atoms with Gasteiger partial charge in [-0.25, -0.2) is 8.42 Å². The van der Waals surface area contributed by atoms with Crippen LogP contribution in [0.2, 0.25) is 0 Å². The highest BCUT2D eigenvalue weighted by molar-refractivity contribution is 7.89. The molecule has 0 radical (unpaired) electrons. The molecule has 5 nitrogen and oxygen atoms in total. The lowest BCUT2D eigenvalue weighted by atomic mass is 10.2. The smallest absolute Gasteiger partial charge is 0.259 e. The van der Waals surface area contributed by atoms with Gasteiger partial charge in [0.25, 0.3) is 10.0 Å². The van der Waals surface area contributed by atoms with Gasteiger partial charge in [-0.1, -0.05) is 27.7 Å². The third-order valence-electron chi connectivity index (χ3n) is 2.23. The van der Waals surface area contributed by atoms with E-state index < -0.39 is 10.0 Å². The third kappa shape index (κ3) is 3.81. The molecule has 1 N–H and O–H groups in total. The van der Waals surface area contributed by atoms with Crippen molar-refractivity contribution >= 4 is 10.0 Å². The van der Waals surface area contributed by atoms with Gasteiger partial charge in [0.15, 0.2) is 5.03 Å². The Morgan fingerprint density at radius 2 is 1.76 bits per heavy atom. The summed E-state index contributed by atoms with van der Waals surface area (Å²) in [6.07, 6.45) is 1.45. The number of hydrogen-bond donors (Lipinski definition) is 1. The van der Waals surface area contributed by atoms with Crippen molar-refractivity contribution in [1.82, 2.24) is 14.5 Å². The lowest BCUT2D eigenvalue weighted by molar-refractivity contribution is 0.332. The largest absolute Gasteiger partial charge is 0.266 e. The summed E-state index contributed by atoms with van der Waals surface area (Å²) in [7, 11) is -3.43. The van der Waals surface area contributed by atoms with Crippen molar-refractivity contribution in [3.63, 3.8) is 0 Å². The highest BCUT2D eigenvalue weighted by Gasteiger charge is 2.26. The van der Waals surface area contributed by atoms with Crippen LogP contribution in [0.5, 0.6) is 0 Å². The zero-order valence-electron chi connectivity index (χ0n) is 10.8. The number of H-pyrrole nitrogens is 1. The maximum atomic E-state index is 12.3. The van der Waals surface area contributed by atoms with Gasteiger partial charge in [-0.3, -0.25) is 5.10 Å². The van der Waals surface area contributed by atoms with Crippen molar-refractivity contribution in [2.75, 3.05) is 13.1 Å². The van der Waals surface area contributed by atoms with E-state index in [9.17, 15) is 8.42 Å². The minimum Gasteiger partial charge on any atom is -0.266 e. The summed E-state index contributed by atoms with van der Waals surface area (Å²) in [6.45, 7) is 9.09. The molecule has 0 spiro atoms. The fourth-order valence-electron chi connectivity index (χ4n) is 1.61. The highest BCUT2D eigenvalue weighted by Crippen LogP contribution is 2.16. The lowest BCUT2D eigenvalue weighted by Gasteiger charge is -2.24. The SMILES string of the molecule is CC(C)CN(CC(C)C)S(=O)(=O)c1ccn[nH]1. The van der Waals surface area contributed by atoms with Crippen molar-refractivity contribution in [3.8, 4) is 0 Å². The Morgan fingerprint density at radius 3 is 2.12 bits per heavy atom. The molecular weight excluding hydrogens is 238 g/mol. The molecule has 6 heteroatoms. The van der Waals surface area contributed by atoms with Gasteiger partial charge >= 0.3 is 0 Å². The topological polar surface area (TPSA) is 66.1 Å². The molecule has 0 saturated carbocycles. The van der Waals surface area contributed by atoms with Crippen molar-refractivity contribution < 1.29 is 8.42 Å². The lowest BCUT2D eigenvalue weighted by Crippen LogP contribution is -2.37. The summed E-state index contributed by atoms with van der Waals surface area (Å²) in [5.74, 6) is 0.595. The second-order valence-electron chi connectivity index (χ2n) is 5.03. The van der Waals surface area contributed by atoms with Gasteiger partial charge in [-0.2, -0.15) is 9.40 Å². The van der Waals surface area contributed by atoms with E-state index in [0.29, 0.717) is 24.9 Å². The fraction of sp³-hybridized carbons (Fsp3) is 0.727. The summed E-state index contributed by atoms with van der Waals surface area (Å²) in [6, 6.07) is 1.49. The number of aromatic nitrogens is 2. The molecule has 17 heavy (non-hydrogen) atoms. The Labute approximate surface area is 103 Å². The molecule has 0 unspecified atom stereocenters. The first-order valence-electron chi connectivity index (χ1n) is 5.83. The molecule has 0 atom stereocenters. The molecule has 0 saturated heterocycles. The van der Waals surface area contributed by atoms with E-state index in [1.54, 1.807) is 0 Å². The molecule has 0 aromatic carbocycles. The van der Waals surface area contributed by atoms with Crippen LogP contribution in [-0.4, -0.2) is 36.0 Å². The normalized spacial score (nSPS) is 12.9. The monoisotopic (exact) mass is 259 g/mol. The van der Waals surface area contributed by atoms with Gasteiger partial charge in [0, 0.05) is 13.1 Å². The minimum atomic E-state index is -3.43. The molecule has 1 aromatic heterocycles. The first-order chi connectivity index (χ1) is 7.84. The molecule has 1 heterocycles. The molecule has 0 amide bonds. The highest BCUT2D eigenvalue weighted by atomic mass is 32.2. The Bertz CT molecular complexity index is 414. The summed E-state index contributed by atoms with van der Waals surface area (Å²) >= 11 is 0. The van der Waals surface area contributed by atoms with Crippen LogP contribution in [0.3, 0.4) is 0 Å². The second-order valence-corrected chi connectivity index (χ2v) is 6.94. The quantitative estimate of drug-likeness (QED) is 0.845. The van der Waals surface area contributed by atoms with Crippen LogP contribution >= 0.6 is 0 Å². The van der Waals surface area contributed by atoms with Crippen LogP contribution in [0.4, 0.5) is 0 Å². The Balaban J connectivity index is 2.96. The summed E-state index contributed by atoms with van der Waals surface area (Å²) in [5.41, 5.74) is 0. The van der Waals surface area contributed by atoms with Crippen LogP contribution in [0.15, 0.2) is 17.3 Å². The van der Waals surface area contributed by atoms with E-state index in [0.717, 1.165) is 0 Å². The van der Waals surface area contributed by atoms with E-state index >= 15 is 0 Å². The standard InChI is InChI=1S/C11H21N3O2S/c1-9(2)7-14(8-10(3)4)17(15,16)11-5-6-12-13-11/h5-6,9-10H,7-8H2,1-4H3,(H,12,13). The first kappa shape index (κ1) is 14.2. The molecule has 0 aliphatic heterocycles. The number of nitrogens with one attached hydrogen (secondary N) is 1. The molecule has 0 bridgehead atoms. The second kappa shape index (κ2) is 5.64. The summed E-state index contributed by atoms with van der Waals surface area (Å²) in [5, 5.41) is 6.39. The van der Waals surface area contributed by atoms with Crippen molar-refractivity contribution in [3.05, 3.63) is 12.3 Å². The van der Waals surface area contributed by atoms with E-state index in [1.807, 2.05) is 27.7 Å². The van der Waals surface area contributed by atoms with Gasteiger partial charge in [0.2, 0.25) is 0 Å². The van der Waals surface area contributed by atoms with Gasteiger partial charge in [-0.15, -0.1) is 0 Å². The van der Waals surface area contributed by atoms with Crippen LogP contribution in [-0.2, 0) is 10.0 Å². The van der Waals surface area contributed by atoms with Gasteiger partial charge < -0.3 is 0 Å². The molecule has 1 aromatic rings. The molecular formula is C11H21N3O2S. The van der Waals surface area contributed by atoms with Crippen LogP contribution < -0.4 is 0 Å². The number of sulfonamides is 1. The van der Waals surface area contributed by atoms with E-state index in [4.69, 9.17) is 0 Å². The zero-order valence-corrected chi connectivity index (χ0v) is 11.7. The van der Waals surface area contributed by atoms with Gasteiger partial charge in [0.05, 0.1) is 6.20 Å². The number of nitrogens with zero attached hydrogens (tertiary/aromatic N) is 2. The Hall–Kier alpha value is -0.880. The average molecular weight is 259 g/mol. The maximum absolute atomic E-state index is 12.3. The number of rotatable bonds is 6. The molecule has 0 aliphatic carbocycles. The fourth-order valence-corrected chi connectivity index (χ4v) is 3.28. The molecule has 0 fully saturated rings. The number of hydrogen-bond acceptors (Lipinski definition) is 3. The van der Waals surface area contributed by atoms with Crippen molar-refractivity contribution in [1.29, 1.82) is 0 Å². The van der Waals surface area contributed by atoms with E-state index in [1.165, 1.54) is 16.6 Å². The zero-order chi connectivity index (χ0) is 13.1. The Morgan fingerprint density at radius 1 is 1.24 bits per heavy atom. The summed E-state index contributed by atoms with van der Waals surface area (Å²) < 4.78 is 26.2. The molecule has 98 valence electrons. The van der Waals surface area contributed by atoms with Crippen molar-refractivity contribution in [2.45, 2.75) is 32.7 Å².